The zero-order valence-corrected chi connectivity index (χ0v) is 4.94. The molecular weight excluding hydrogens is 104 g/mol. The van der Waals surface area contributed by atoms with E-state index in [1.54, 1.807) is 6.29 Å². The Hall–Kier alpha value is -0.660. The number of ketones is 1. The highest BCUT2D eigenvalue weighted by Gasteiger charge is 1.96. The van der Waals surface area contributed by atoms with Crippen LogP contribution in [-0.2, 0) is 9.59 Å². The van der Waals surface area contributed by atoms with Crippen molar-refractivity contribution in [3.05, 3.63) is 0 Å². The third kappa shape index (κ3) is 3.53. The number of rotatable bonds is 4. The van der Waals surface area contributed by atoms with Crippen molar-refractivity contribution >= 4 is 12.1 Å². The molecule has 45 valence electrons. The molecule has 0 aliphatic heterocycles. The molecule has 0 bridgehead atoms. The second kappa shape index (κ2) is 4.50. The minimum atomic E-state index is -0.0339. The summed E-state index contributed by atoms with van der Waals surface area (Å²) in [5.74, 6) is -0.0116. The summed E-state index contributed by atoms with van der Waals surface area (Å²) in [5, 5.41) is 0. The van der Waals surface area contributed by atoms with Crippen LogP contribution in [0.4, 0.5) is 0 Å². The molecule has 0 saturated carbocycles. The number of Topliss-reactive ketones (excluding diaryl/α,β-unsaturated/α-hetero) is 1. The van der Waals surface area contributed by atoms with Crippen LogP contribution in [0.1, 0.15) is 26.2 Å². The van der Waals surface area contributed by atoms with E-state index in [2.05, 4.69) is 0 Å². The molecule has 1 radical (unpaired) electrons. The van der Waals surface area contributed by atoms with Gasteiger partial charge in [0.15, 0.2) is 0 Å². The molecule has 0 saturated heterocycles. The van der Waals surface area contributed by atoms with Crippen LogP contribution in [0.5, 0.6) is 0 Å². The maximum atomic E-state index is 10.4. The normalized spacial score (nSPS) is 8.62. The summed E-state index contributed by atoms with van der Waals surface area (Å²) in [6.45, 7) is 1.91. The Labute approximate surface area is 48.9 Å². The topological polar surface area (TPSA) is 34.1 Å². The molecular formula is C6H9O2. The van der Waals surface area contributed by atoms with E-state index >= 15 is 0 Å². The number of hydrogen-bond donors (Lipinski definition) is 0. The van der Waals surface area contributed by atoms with Gasteiger partial charge in [-0.3, -0.25) is 9.59 Å². The molecule has 2 heteroatoms. The average Bonchev–Trinajstić information content (AvgIpc) is 1.68. The maximum absolute atomic E-state index is 10.4. The predicted octanol–water partition coefficient (Wildman–Crippen LogP) is 0.855. The fourth-order valence-corrected chi connectivity index (χ4v) is 0.448. The molecule has 0 spiro atoms. The van der Waals surface area contributed by atoms with Crippen LogP contribution in [0.15, 0.2) is 0 Å². The van der Waals surface area contributed by atoms with E-state index in [0.29, 0.717) is 6.42 Å². The molecule has 0 heterocycles. The van der Waals surface area contributed by atoms with Crippen LogP contribution in [0, 0.1) is 0 Å². The SMILES string of the molecule is CCCC(=O)C[C]=O. The third-order valence-electron chi connectivity index (χ3n) is 0.798. The van der Waals surface area contributed by atoms with Crippen molar-refractivity contribution in [2.75, 3.05) is 0 Å². The Morgan fingerprint density at radius 3 is 2.62 bits per heavy atom. The van der Waals surface area contributed by atoms with Crippen LogP contribution in [0.3, 0.4) is 0 Å². The Bertz CT molecular complexity index is 86.5. The van der Waals surface area contributed by atoms with Gasteiger partial charge in [-0.15, -0.1) is 0 Å². The van der Waals surface area contributed by atoms with E-state index < -0.39 is 0 Å². The highest BCUT2D eigenvalue weighted by atomic mass is 16.1. The first-order valence-electron chi connectivity index (χ1n) is 2.68. The molecule has 0 atom stereocenters. The van der Waals surface area contributed by atoms with Gasteiger partial charge in [0.2, 0.25) is 6.29 Å². The molecule has 0 amide bonds. The van der Waals surface area contributed by atoms with Crippen LogP contribution >= 0.6 is 0 Å². The second-order valence-electron chi connectivity index (χ2n) is 1.61. The summed E-state index contributed by atoms with van der Waals surface area (Å²) in [7, 11) is 0. The Morgan fingerprint density at radius 2 is 2.25 bits per heavy atom. The molecule has 0 rings (SSSR count). The third-order valence-corrected chi connectivity index (χ3v) is 0.798. The van der Waals surface area contributed by atoms with Crippen molar-refractivity contribution in [1.29, 1.82) is 0 Å². The van der Waals surface area contributed by atoms with Crippen molar-refractivity contribution in [2.24, 2.45) is 0 Å². The summed E-state index contributed by atoms with van der Waals surface area (Å²) in [6, 6.07) is 0. The number of carbonyl (C=O) groups is 1. The molecule has 0 aliphatic carbocycles. The van der Waals surface area contributed by atoms with Gasteiger partial charge in [0.05, 0.1) is 6.42 Å². The molecule has 0 unspecified atom stereocenters. The van der Waals surface area contributed by atoms with Crippen LogP contribution in [0.2, 0.25) is 0 Å². The minimum absolute atomic E-state index is 0.0116. The van der Waals surface area contributed by atoms with Gasteiger partial charge in [-0.05, 0) is 6.42 Å². The largest absolute Gasteiger partial charge is 0.299 e. The standard InChI is InChI=1S/C6H9O2/c1-2-3-6(8)4-5-7/h2-4H2,1H3. The van der Waals surface area contributed by atoms with Gasteiger partial charge < -0.3 is 0 Å². The minimum Gasteiger partial charge on any atom is -0.299 e. The molecule has 0 aromatic rings. The van der Waals surface area contributed by atoms with E-state index in [-0.39, 0.29) is 12.2 Å². The molecule has 0 fully saturated rings. The predicted molar refractivity (Wildman–Crippen MR) is 30.2 cm³/mol. The van der Waals surface area contributed by atoms with Crippen molar-refractivity contribution in [3.8, 4) is 0 Å². The van der Waals surface area contributed by atoms with Crippen LogP contribution < -0.4 is 0 Å². The Kier molecular flexibility index (Phi) is 4.13. The maximum Gasteiger partial charge on any atom is 0.206 e. The summed E-state index contributed by atoms with van der Waals surface area (Å²) in [4.78, 5) is 19.9. The van der Waals surface area contributed by atoms with Gasteiger partial charge in [-0.25, -0.2) is 0 Å². The molecule has 8 heavy (non-hydrogen) atoms. The van der Waals surface area contributed by atoms with Gasteiger partial charge in [-0.2, -0.15) is 0 Å². The molecule has 0 aromatic carbocycles. The Balaban J connectivity index is 3.18. The summed E-state index contributed by atoms with van der Waals surface area (Å²) < 4.78 is 0. The summed E-state index contributed by atoms with van der Waals surface area (Å²) in [5.41, 5.74) is 0. The summed E-state index contributed by atoms with van der Waals surface area (Å²) >= 11 is 0. The van der Waals surface area contributed by atoms with Gasteiger partial charge in [0.1, 0.15) is 5.78 Å². The average molecular weight is 113 g/mol. The van der Waals surface area contributed by atoms with Gasteiger partial charge in [0, 0.05) is 6.42 Å². The quantitative estimate of drug-likeness (QED) is 0.506. The van der Waals surface area contributed by atoms with Crippen molar-refractivity contribution < 1.29 is 9.59 Å². The lowest BCUT2D eigenvalue weighted by atomic mass is 10.2. The zero-order chi connectivity index (χ0) is 6.41. The molecule has 0 aliphatic rings. The van der Waals surface area contributed by atoms with Gasteiger partial charge in [0.25, 0.3) is 0 Å². The first-order chi connectivity index (χ1) is 3.81. The highest BCUT2D eigenvalue weighted by Crippen LogP contribution is 1.90. The number of hydrogen-bond acceptors (Lipinski definition) is 2. The fraction of sp³-hybridized carbons (Fsp3) is 0.667. The van der Waals surface area contributed by atoms with E-state index in [9.17, 15) is 9.59 Å². The fourth-order valence-electron chi connectivity index (χ4n) is 0.448. The smallest absolute Gasteiger partial charge is 0.206 e. The Morgan fingerprint density at radius 1 is 1.62 bits per heavy atom. The van der Waals surface area contributed by atoms with Crippen LogP contribution in [0.25, 0.3) is 0 Å². The molecule has 2 nitrogen and oxygen atoms in total. The first-order valence-corrected chi connectivity index (χ1v) is 2.68. The second-order valence-corrected chi connectivity index (χ2v) is 1.61. The van der Waals surface area contributed by atoms with Gasteiger partial charge >= 0.3 is 0 Å². The lowest BCUT2D eigenvalue weighted by molar-refractivity contribution is -0.117. The molecule has 0 aromatic heterocycles. The van der Waals surface area contributed by atoms with E-state index in [4.69, 9.17) is 0 Å². The first kappa shape index (κ1) is 7.34. The monoisotopic (exact) mass is 113 g/mol. The lowest BCUT2D eigenvalue weighted by Gasteiger charge is -1.86. The summed E-state index contributed by atoms with van der Waals surface area (Å²) in [6.07, 6.45) is 2.85. The van der Waals surface area contributed by atoms with Crippen LogP contribution in [-0.4, -0.2) is 12.1 Å². The molecule has 0 N–H and O–H groups in total. The van der Waals surface area contributed by atoms with Gasteiger partial charge in [-0.1, -0.05) is 6.92 Å². The van der Waals surface area contributed by atoms with E-state index in [1.165, 1.54) is 0 Å². The zero-order valence-electron chi connectivity index (χ0n) is 4.94. The van der Waals surface area contributed by atoms with E-state index in [0.717, 1.165) is 6.42 Å². The van der Waals surface area contributed by atoms with Crippen molar-refractivity contribution in [2.45, 2.75) is 26.2 Å². The lowest BCUT2D eigenvalue weighted by Crippen LogP contribution is -1.95. The van der Waals surface area contributed by atoms with Crippen molar-refractivity contribution in [1.82, 2.24) is 0 Å². The number of carbonyl (C=O) groups excluding carboxylic acids is 2. The highest BCUT2D eigenvalue weighted by molar-refractivity contribution is 5.89. The van der Waals surface area contributed by atoms with Crippen molar-refractivity contribution in [3.63, 3.8) is 0 Å². The van der Waals surface area contributed by atoms with E-state index in [1.807, 2.05) is 6.92 Å².